The zero-order valence-electron chi connectivity index (χ0n) is 3.16. The van der Waals surface area contributed by atoms with Crippen molar-refractivity contribution in [2.24, 2.45) is 0 Å². The van der Waals surface area contributed by atoms with E-state index in [0.29, 0.717) is 0 Å². The van der Waals surface area contributed by atoms with Crippen molar-refractivity contribution >= 4 is 41.5 Å². The largest absolute Gasteiger partial charge is 1.00 e. The molecular formula is HAlCl3KO. The Labute approximate surface area is 96.1 Å². The van der Waals surface area contributed by atoms with Gasteiger partial charge in [-0.1, -0.05) is 0 Å². The second kappa shape index (κ2) is 10.9. The van der Waals surface area contributed by atoms with Crippen LogP contribution in [0, 0.1) is 0 Å². The number of hydrogen-bond donors (Lipinski definition) is 0. The van der Waals surface area contributed by atoms with Gasteiger partial charge < -0.3 is 5.48 Å². The van der Waals surface area contributed by atoms with E-state index in [0.717, 1.165) is 0 Å². The summed E-state index contributed by atoms with van der Waals surface area (Å²) in [5.41, 5.74) is 0. The van der Waals surface area contributed by atoms with Gasteiger partial charge in [0, 0.05) is 0 Å². The first kappa shape index (κ1) is 16.0. The predicted octanol–water partition coefficient (Wildman–Crippen LogP) is -1.49. The van der Waals surface area contributed by atoms with Crippen LogP contribution in [0.4, 0.5) is 0 Å². The second-order valence-electron chi connectivity index (χ2n) is 0.247. The smallest absolute Gasteiger partial charge is 0.870 e. The van der Waals surface area contributed by atoms with Crippen LogP contribution in [0.2, 0.25) is 0 Å². The summed E-state index contributed by atoms with van der Waals surface area (Å²) in [4.78, 5) is 0. The Morgan fingerprint density at radius 2 is 1.00 bits per heavy atom. The molecule has 0 heterocycles. The molecule has 0 saturated heterocycles. The molecule has 1 nitrogen and oxygen atoms in total. The third-order valence-electron chi connectivity index (χ3n) is 0. The van der Waals surface area contributed by atoms with E-state index in [1.165, 1.54) is 0 Å². The molecule has 0 fully saturated rings. The van der Waals surface area contributed by atoms with Crippen molar-refractivity contribution in [3.63, 3.8) is 0 Å². The Kier molecular flexibility index (Phi) is 29.0. The van der Waals surface area contributed by atoms with Crippen LogP contribution < -0.4 is 51.4 Å². The molecule has 0 bridgehead atoms. The fraction of sp³-hybridized carbons (Fsp3) is 0. The molecule has 0 spiro atoms. The third-order valence-corrected chi connectivity index (χ3v) is 0. The maximum atomic E-state index is 4.94. The zero-order chi connectivity index (χ0) is 3.58. The fourth-order valence-electron chi connectivity index (χ4n) is 0. The summed E-state index contributed by atoms with van der Waals surface area (Å²) in [5, 5.41) is 0. The first-order valence-corrected chi connectivity index (χ1v) is 5.89. The molecule has 0 aliphatic rings. The van der Waals surface area contributed by atoms with Crippen LogP contribution in [0.25, 0.3) is 0 Å². The Bertz CT molecular complexity index is 15.5. The molecule has 0 saturated carbocycles. The van der Waals surface area contributed by atoms with E-state index in [4.69, 9.17) is 30.1 Å². The summed E-state index contributed by atoms with van der Waals surface area (Å²) < 4.78 is 0. The van der Waals surface area contributed by atoms with Gasteiger partial charge in [-0.15, -0.1) is 0 Å². The molecule has 0 aromatic rings. The molecule has 6 heteroatoms. The summed E-state index contributed by atoms with van der Waals surface area (Å²) in [6.07, 6.45) is 0. The maximum Gasteiger partial charge on any atom is 1.00 e. The molecule has 0 unspecified atom stereocenters. The standard InChI is InChI=1S/Al.3ClH.K.H2O/h;3*1H;;1H2/q+3;;;;+1;/p-4. The normalized spacial score (nSPS) is 4.50. The van der Waals surface area contributed by atoms with E-state index in [1.807, 2.05) is 0 Å². The monoisotopic (exact) mass is 188 g/mol. The van der Waals surface area contributed by atoms with Gasteiger partial charge in [-0.25, -0.2) is 30.1 Å². The molecule has 0 aliphatic carbocycles. The van der Waals surface area contributed by atoms with Crippen molar-refractivity contribution < 1.29 is 56.9 Å². The number of rotatable bonds is 0. The van der Waals surface area contributed by atoms with Gasteiger partial charge in [0.05, 0.1) is 0 Å². The average Bonchev–Trinajstić information content (AvgIpc) is 0.811. The minimum absolute atomic E-state index is 0. The van der Waals surface area contributed by atoms with Crippen molar-refractivity contribution in [1.82, 2.24) is 0 Å². The van der Waals surface area contributed by atoms with E-state index < -0.39 is 11.4 Å². The van der Waals surface area contributed by atoms with Gasteiger partial charge in [0.15, 0.2) is 0 Å². The third kappa shape index (κ3) is 28.0. The van der Waals surface area contributed by atoms with E-state index in [9.17, 15) is 0 Å². The molecule has 0 radical (unpaired) electrons. The average molecular weight is 189 g/mol. The molecule has 0 rings (SSSR count). The quantitative estimate of drug-likeness (QED) is 0.427. The maximum absolute atomic E-state index is 4.94. The topological polar surface area (TPSA) is 30.0 Å². The van der Waals surface area contributed by atoms with Crippen molar-refractivity contribution in [1.29, 1.82) is 0 Å². The van der Waals surface area contributed by atoms with Gasteiger partial charge in [0.25, 0.3) is 0 Å². The van der Waals surface area contributed by atoms with E-state index in [-0.39, 0.29) is 56.9 Å². The molecule has 0 atom stereocenters. The first-order chi connectivity index (χ1) is 1.73. The van der Waals surface area contributed by atoms with E-state index in [2.05, 4.69) is 0 Å². The first-order valence-electron chi connectivity index (χ1n) is 0.655. The van der Waals surface area contributed by atoms with Crippen molar-refractivity contribution in [3.05, 3.63) is 0 Å². The molecule has 0 aromatic heterocycles. The van der Waals surface area contributed by atoms with Crippen molar-refractivity contribution in [2.75, 3.05) is 0 Å². The molecule has 1 N–H and O–H groups in total. The van der Waals surface area contributed by atoms with Crippen LogP contribution in [0.3, 0.4) is 0 Å². The molecule has 32 valence electrons. The van der Waals surface area contributed by atoms with E-state index in [1.54, 1.807) is 0 Å². The fourth-order valence-corrected chi connectivity index (χ4v) is 0. The minimum Gasteiger partial charge on any atom is -0.870 e. The molecule has 0 aromatic carbocycles. The van der Waals surface area contributed by atoms with Crippen LogP contribution >= 0.6 is 30.1 Å². The van der Waals surface area contributed by atoms with Gasteiger partial charge in [-0.3, -0.25) is 0 Å². The van der Waals surface area contributed by atoms with Gasteiger partial charge >= 0.3 is 62.8 Å². The molecule has 0 amide bonds. The minimum atomic E-state index is -1.72. The van der Waals surface area contributed by atoms with Crippen molar-refractivity contribution in [3.8, 4) is 0 Å². The van der Waals surface area contributed by atoms with Gasteiger partial charge in [0.2, 0.25) is 0 Å². The van der Waals surface area contributed by atoms with Crippen LogP contribution in [0.1, 0.15) is 0 Å². The molecule has 0 aliphatic heterocycles. The summed E-state index contributed by atoms with van der Waals surface area (Å²) in [7, 11) is 14.8. The van der Waals surface area contributed by atoms with Crippen LogP contribution in [-0.2, 0) is 0 Å². The van der Waals surface area contributed by atoms with Gasteiger partial charge in [0.1, 0.15) is 0 Å². The predicted molar refractivity (Wildman–Crippen MR) is 25.2 cm³/mol. The van der Waals surface area contributed by atoms with Crippen molar-refractivity contribution in [2.45, 2.75) is 0 Å². The Morgan fingerprint density at radius 1 is 1.00 bits per heavy atom. The SMILES string of the molecule is [Cl][Al]([Cl])[Cl].[K+].[OH-]. The number of halogens is 3. The molecular weight excluding hydrogens is 188 g/mol. The van der Waals surface area contributed by atoms with Crippen LogP contribution in [-0.4, -0.2) is 16.9 Å². The summed E-state index contributed by atoms with van der Waals surface area (Å²) >= 11 is -1.72. The molecule has 6 heavy (non-hydrogen) atoms. The van der Waals surface area contributed by atoms with Crippen LogP contribution in [0.15, 0.2) is 0 Å². The number of hydrogen-bond acceptors (Lipinski definition) is 1. The Hall–Kier alpha value is 3.00. The Balaban J connectivity index is -0.0000000450. The van der Waals surface area contributed by atoms with Gasteiger partial charge in [-0.05, 0) is 0 Å². The second-order valence-corrected chi connectivity index (χ2v) is 6.68. The van der Waals surface area contributed by atoms with Crippen LogP contribution in [0.5, 0.6) is 0 Å². The summed E-state index contributed by atoms with van der Waals surface area (Å²) in [6.45, 7) is 0. The van der Waals surface area contributed by atoms with Gasteiger partial charge in [-0.2, -0.15) is 0 Å². The summed E-state index contributed by atoms with van der Waals surface area (Å²) in [6, 6.07) is 0. The van der Waals surface area contributed by atoms with E-state index >= 15 is 0 Å². The summed E-state index contributed by atoms with van der Waals surface area (Å²) in [5.74, 6) is 0. The zero-order valence-corrected chi connectivity index (χ0v) is 9.70. The Morgan fingerprint density at radius 3 is 1.00 bits per heavy atom.